The van der Waals surface area contributed by atoms with Crippen molar-refractivity contribution < 1.29 is 19.1 Å². The van der Waals surface area contributed by atoms with Crippen LogP contribution in [0.4, 0.5) is 0 Å². The lowest BCUT2D eigenvalue weighted by Crippen LogP contribution is -2.26. The van der Waals surface area contributed by atoms with Crippen LogP contribution in [-0.4, -0.2) is 21.3 Å². The Bertz CT molecular complexity index is 640. The molecule has 1 aromatic rings. The molecule has 1 aliphatic heterocycles. The third-order valence-electron chi connectivity index (χ3n) is 2.43. The van der Waals surface area contributed by atoms with Gasteiger partial charge in [-0.1, -0.05) is 46.4 Å². The highest BCUT2D eigenvalue weighted by atomic mass is 35.6. The van der Waals surface area contributed by atoms with Crippen molar-refractivity contribution in [1.82, 2.24) is 0 Å². The normalized spacial score (nSPS) is 15.6. The molecule has 0 saturated heterocycles. The Labute approximate surface area is 133 Å². The summed E-state index contributed by atoms with van der Waals surface area (Å²) in [6, 6.07) is 5.93. The summed E-state index contributed by atoms with van der Waals surface area (Å²) in [6.07, 6.45) is 0. The fourth-order valence-corrected chi connectivity index (χ4v) is 1.96. The summed E-state index contributed by atoms with van der Waals surface area (Å²) in [7, 11) is 0. The van der Waals surface area contributed by atoms with Crippen molar-refractivity contribution >= 4 is 69.7 Å². The van der Waals surface area contributed by atoms with Gasteiger partial charge in [0.25, 0.3) is 9.58 Å². The summed E-state index contributed by atoms with van der Waals surface area (Å²) in [6.45, 7) is 0. The zero-order chi connectivity index (χ0) is 15.1. The van der Waals surface area contributed by atoms with E-state index in [0.29, 0.717) is 10.6 Å². The summed E-state index contributed by atoms with van der Waals surface area (Å²) in [5, 5.41) is 0.430. The lowest BCUT2D eigenvalue weighted by atomic mass is 10.0. The van der Waals surface area contributed by atoms with Crippen LogP contribution < -0.4 is 0 Å². The highest BCUT2D eigenvalue weighted by Crippen LogP contribution is 2.36. The number of hydrogen-bond donors (Lipinski definition) is 0. The van der Waals surface area contributed by atoms with Gasteiger partial charge in [-0.3, -0.25) is 9.59 Å². The van der Waals surface area contributed by atoms with Gasteiger partial charge in [0.05, 0.1) is 0 Å². The molecule has 0 N–H and O–H groups in total. The van der Waals surface area contributed by atoms with Crippen LogP contribution in [-0.2, 0) is 19.1 Å². The van der Waals surface area contributed by atoms with Gasteiger partial charge in [0.15, 0.2) is 5.76 Å². The van der Waals surface area contributed by atoms with Gasteiger partial charge < -0.3 is 4.74 Å². The molecule has 20 heavy (non-hydrogen) atoms. The van der Waals surface area contributed by atoms with Crippen molar-refractivity contribution in [2.24, 2.45) is 0 Å². The standard InChI is InChI=1S/C12H4Cl4O4/c13-6-3-1-5(2-4-6)9-7(8(17)11(19)20-9)10(18)12(14,15)16/h1-4H. The molecule has 2 rings (SSSR count). The predicted molar refractivity (Wildman–Crippen MR) is 74.8 cm³/mol. The molecule has 4 nitrogen and oxygen atoms in total. The Morgan fingerprint density at radius 3 is 2.10 bits per heavy atom. The minimum absolute atomic E-state index is 0.243. The summed E-state index contributed by atoms with van der Waals surface area (Å²) < 4.78 is 2.42. The molecule has 1 heterocycles. The number of esters is 1. The van der Waals surface area contributed by atoms with Gasteiger partial charge in [-0.05, 0) is 24.3 Å². The van der Waals surface area contributed by atoms with Gasteiger partial charge in [0, 0.05) is 10.6 Å². The van der Waals surface area contributed by atoms with Crippen molar-refractivity contribution in [2.45, 2.75) is 3.79 Å². The van der Waals surface area contributed by atoms with Crippen molar-refractivity contribution in [3.05, 3.63) is 40.4 Å². The highest BCUT2D eigenvalue weighted by molar-refractivity contribution is 6.79. The predicted octanol–water partition coefficient (Wildman–Crippen LogP) is 3.12. The molecule has 8 heteroatoms. The van der Waals surface area contributed by atoms with Gasteiger partial charge in [-0.25, -0.2) is 4.79 Å². The summed E-state index contributed by atoms with van der Waals surface area (Å²) in [4.78, 5) is 35.0. The SMILES string of the molecule is O=C1OC(c2ccc(Cl)cc2)=C(C(=O)C(Cl)(Cl)Cl)C1=O. The van der Waals surface area contributed by atoms with E-state index in [1.54, 1.807) is 0 Å². The molecule has 0 unspecified atom stereocenters. The number of halogens is 4. The van der Waals surface area contributed by atoms with Gasteiger partial charge in [-0.15, -0.1) is 0 Å². The molecule has 1 aromatic carbocycles. The van der Waals surface area contributed by atoms with Crippen LogP contribution in [0.1, 0.15) is 5.56 Å². The Morgan fingerprint density at radius 2 is 1.60 bits per heavy atom. The lowest BCUT2D eigenvalue weighted by Gasteiger charge is -2.09. The van der Waals surface area contributed by atoms with E-state index in [1.807, 2.05) is 0 Å². The van der Waals surface area contributed by atoms with Crippen molar-refractivity contribution in [2.75, 3.05) is 0 Å². The molecule has 0 fully saturated rings. The molecule has 0 spiro atoms. The highest BCUT2D eigenvalue weighted by Gasteiger charge is 2.45. The van der Waals surface area contributed by atoms with Gasteiger partial charge in [-0.2, -0.15) is 0 Å². The zero-order valence-electron chi connectivity index (χ0n) is 9.45. The molecular formula is C12H4Cl4O4. The van der Waals surface area contributed by atoms with Crippen LogP contribution in [0.2, 0.25) is 5.02 Å². The topological polar surface area (TPSA) is 60.4 Å². The van der Waals surface area contributed by atoms with E-state index in [4.69, 9.17) is 51.1 Å². The number of carbonyl (C=O) groups excluding carboxylic acids is 3. The van der Waals surface area contributed by atoms with Gasteiger partial charge in [0.1, 0.15) is 5.57 Å². The molecule has 0 aliphatic carbocycles. The molecule has 1 aliphatic rings. The van der Waals surface area contributed by atoms with Crippen molar-refractivity contribution in [3.63, 3.8) is 0 Å². The number of hydrogen-bond acceptors (Lipinski definition) is 4. The molecule has 0 aromatic heterocycles. The van der Waals surface area contributed by atoms with E-state index < -0.39 is 26.9 Å². The van der Waals surface area contributed by atoms with Crippen molar-refractivity contribution in [3.8, 4) is 0 Å². The number of rotatable bonds is 2. The number of ketones is 2. The van der Waals surface area contributed by atoms with Crippen LogP contribution in [0.3, 0.4) is 0 Å². The lowest BCUT2D eigenvalue weighted by molar-refractivity contribution is -0.145. The first-order valence-corrected chi connectivity index (χ1v) is 6.61. The number of benzene rings is 1. The Morgan fingerprint density at radius 1 is 1.05 bits per heavy atom. The van der Waals surface area contributed by atoms with E-state index in [2.05, 4.69) is 0 Å². The monoisotopic (exact) mass is 352 g/mol. The average Bonchev–Trinajstić information content (AvgIpc) is 2.65. The molecule has 104 valence electrons. The second-order valence-electron chi connectivity index (χ2n) is 3.76. The zero-order valence-corrected chi connectivity index (χ0v) is 12.5. The van der Waals surface area contributed by atoms with Crippen LogP contribution in [0, 0.1) is 0 Å². The maximum absolute atomic E-state index is 11.9. The Kier molecular flexibility index (Phi) is 4.12. The van der Waals surface area contributed by atoms with E-state index >= 15 is 0 Å². The summed E-state index contributed by atoms with van der Waals surface area (Å²) in [5.41, 5.74) is -0.288. The largest absolute Gasteiger partial charge is 0.419 e. The first-order valence-electron chi connectivity index (χ1n) is 5.10. The number of carbonyl (C=O) groups is 3. The average molecular weight is 354 g/mol. The number of cyclic esters (lactones) is 1. The van der Waals surface area contributed by atoms with Crippen LogP contribution in [0.25, 0.3) is 5.76 Å². The number of Topliss-reactive ketones (excluding diaryl/α,β-unsaturated/α-hetero) is 2. The quantitative estimate of drug-likeness (QED) is 0.354. The second kappa shape index (κ2) is 5.37. The maximum Gasteiger partial charge on any atom is 0.385 e. The van der Waals surface area contributed by atoms with Crippen LogP contribution in [0.15, 0.2) is 29.8 Å². The number of alkyl halides is 3. The van der Waals surface area contributed by atoms with Crippen molar-refractivity contribution in [1.29, 1.82) is 0 Å². The maximum atomic E-state index is 11.9. The first-order chi connectivity index (χ1) is 9.21. The van der Waals surface area contributed by atoms with E-state index in [1.165, 1.54) is 24.3 Å². The second-order valence-corrected chi connectivity index (χ2v) is 6.47. The molecule has 0 bridgehead atoms. The summed E-state index contributed by atoms with van der Waals surface area (Å²) in [5.74, 6) is -3.71. The van der Waals surface area contributed by atoms with E-state index in [0.717, 1.165) is 0 Å². The molecular weight excluding hydrogens is 350 g/mol. The van der Waals surface area contributed by atoms with Gasteiger partial charge in [0.2, 0.25) is 5.78 Å². The fourth-order valence-electron chi connectivity index (χ4n) is 1.55. The molecule has 0 radical (unpaired) electrons. The minimum atomic E-state index is -2.36. The van der Waals surface area contributed by atoms with E-state index in [-0.39, 0.29) is 5.76 Å². The smallest absolute Gasteiger partial charge is 0.385 e. The third-order valence-corrected chi connectivity index (χ3v) is 3.19. The molecule has 0 atom stereocenters. The summed E-state index contributed by atoms with van der Waals surface area (Å²) >= 11 is 22.1. The van der Waals surface area contributed by atoms with Crippen LogP contribution in [0.5, 0.6) is 0 Å². The third kappa shape index (κ3) is 2.83. The fraction of sp³-hybridized carbons (Fsp3) is 0.0833. The molecule has 0 saturated carbocycles. The molecule has 0 amide bonds. The number of ether oxygens (including phenoxy) is 1. The van der Waals surface area contributed by atoms with E-state index in [9.17, 15) is 14.4 Å². The van der Waals surface area contributed by atoms with Gasteiger partial charge >= 0.3 is 5.97 Å². The minimum Gasteiger partial charge on any atom is -0.419 e. The van der Waals surface area contributed by atoms with Crippen LogP contribution >= 0.6 is 46.4 Å². The Hall–Kier alpha value is -1.07. The first kappa shape index (κ1) is 15.3. The Balaban J connectivity index is 2.58.